The lowest BCUT2D eigenvalue weighted by molar-refractivity contribution is 0.268. The van der Waals surface area contributed by atoms with E-state index < -0.39 is 0 Å². The molecule has 1 atom stereocenters. The maximum Gasteiger partial charge on any atom is 0.159 e. The first-order chi connectivity index (χ1) is 11.7. The number of nitrogens with zero attached hydrogens (tertiary/aromatic N) is 3. The van der Waals surface area contributed by atoms with Crippen molar-refractivity contribution in [3.05, 3.63) is 41.7 Å². The Morgan fingerprint density at radius 3 is 2.71 bits per heavy atom. The second-order valence-electron chi connectivity index (χ2n) is 6.63. The molecule has 1 aromatic carbocycles. The van der Waals surface area contributed by atoms with Gasteiger partial charge in [0.05, 0.1) is 24.3 Å². The molecule has 1 unspecified atom stereocenters. The minimum Gasteiger partial charge on any atom is -0.497 e. The number of hydrogen-bond acceptors (Lipinski definition) is 4. The van der Waals surface area contributed by atoms with Gasteiger partial charge in [0, 0.05) is 22.9 Å². The van der Waals surface area contributed by atoms with Crippen molar-refractivity contribution in [2.75, 3.05) is 21.2 Å². The third-order valence-electron chi connectivity index (χ3n) is 4.97. The van der Waals surface area contributed by atoms with Crippen LogP contribution < -0.4 is 4.74 Å². The second kappa shape index (κ2) is 5.91. The summed E-state index contributed by atoms with van der Waals surface area (Å²) in [5.74, 6) is 1.60. The lowest BCUT2D eigenvalue weighted by Gasteiger charge is -2.28. The third-order valence-corrected chi connectivity index (χ3v) is 4.97. The molecule has 24 heavy (non-hydrogen) atoms. The molecule has 2 aromatic heterocycles. The van der Waals surface area contributed by atoms with Gasteiger partial charge >= 0.3 is 0 Å². The highest BCUT2D eigenvalue weighted by molar-refractivity contribution is 5.82. The van der Waals surface area contributed by atoms with E-state index in [1.807, 2.05) is 30.5 Å². The molecule has 1 aliphatic rings. The zero-order chi connectivity index (χ0) is 16.7. The number of hydrogen-bond donors (Lipinski definition) is 1. The molecular weight excluding hydrogens is 300 g/mol. The number of aryl methyl sites for hydroxylation is 1. The van der Waals surface area contributed by atoms with E-state index in [9.17, 15) is 0 Å². The molecule has 3 aromatic rings. The molecule has 1 N–H and O–H groups in total. The van der Waals surface area contributed by atoms with Crippen LogP contribution in [0.3, 0.4) is 0 Å². The predicted molar refractivity (Wildman–Crippen MR) is 95.4 cm³/mol. The van der Waals surface area contributed by atoms with Crippen LogP contribution in [0.25, 0.3) is 22.4 Å². The Morgan fingerprint density at radius 2 is 2.00 bits per heavy atom. The van der Waals surface area contributed by atoms with Crippen molar-refractivity contribution in [1.82, 2.24) is 19.9 Å². The average molecular weight is 322 g/mol. The molecule has 0 amide bonds. The number of methoxy groups -OCH3 is 1. The molecule has 0 fully saturated rings. The summed E-state index contributed by atoms with van der Waals surface area (Å²) in [6.07, 6.45) is 5.21. The molecule has 4 rings (SSSR count). The molecule has 1 aliphatic carbocycles. The summed E-state index contributed by atoms with van der Waals surface area (Å²) in [5.41, 5.74) is 5.79. The highest BCUT2D eigenvalue weighted by Gasteiger charge is 2.24. The SMILES string of the molecule is COc1ccc(-c2ncc3[nH]c4c(c3n2)CC(N(C)C)CC4)cc1. The van der Waals surface area contributed by atoms with Crippen molar-refractivity contribution >= 4 is 11.0 Å². The fourth-order valence-corrected chi connectivity index (χ4v) is 3.49. The monoisotopic (exact) mass is 322 g/mol. The Hall–Kier alpha value is -2.40. The second-order valence-corrected chi connectivity index (χ2v) is 6.63. The smallest absolute Gasteiger partial charge is 0.159 e. The minimum absolute atomic E-state index is 0.580. The molecule has 5 heteroatoms. The summed E-state index contributed by atoms with van der Waals surface area (Å²) in [4.78, 5) is 15.2. The molecule has 0 radical (unpaired) electrons. The van der Waals surface area contributed by atoms with E-state index in [0.717, 1.165) is 41.0 Å². The molecular formula is C19H22N4O. The zero-order valence-electron chi connectivity index (χ0n) is 14.3. The van der Waals surface area contributed by atoms with Gasteiger partial charge in [0.2, 0.25) is 0 Å². The van der Waals surface area contributed by atoms with Crippen LogP contribution >= 0.6 is 0 Å². The fourth-order valence-electron chi connectivity index (χ4n) is 3.49. The molecule has 5 nitrogen and oxygen atoms in total. The van der Waals surface area contributed by atoms with Crippen LogP contribution in [0.5, 0.6) is 5.75 Å². The molecule has 0 bridgehead atoms. The number of likely N-dealkylation sites (N-methyl/N-ethyl adjacent to an activating group) is 1. The predicted octanol–water partition coefficient (Wildman–Crippen LogP) is 3.05. The fraction of sp³-hybridized carbons (Fsp3) is 0.368. The van der Waals surface area contributed by atoms with Crippen molar-refractivity contribution in [3.8, 4) is 17.1 Å². The van der Waals surface area contributed by atoms with Crippen LogP contribution in [0, 0.1) is 0 Å². The Morgan fingerprint density at radius 1 is 1.21 bits per heavy atom. The van der Waals surface area contributed by atoms with Crippen LogP contribution in [0.4, 0.5) is 0 Å². The highest BCUT2D eigenvalue weighted by Crippen LogP contribution is 2.30. The van der Waals surface area contributed by atoms with Crippen LogP contribution in [0.1, 0.15) is 17.7 Å². The number of ether oxygens (including phenoxy) is 1. The summed E-state index contributed by atoms with van der Waals surface area (Å²) >= 11 is 0. The van der Waals surface area contributed by atoms with E-state index in [4.69, 9.17) is 9.72 Å². The lowest BCUT2D eigenvalue weighted by atomic mass is 9.92. The number of fused-ring (bicyclic) bond motifs is 3. The molecule has 0 spiro atoms. The van der Waals surface area contributed by atoms with Gasteiger partial charge in [0.1, 0.15) is 5.75 Å². The largest absolute Gasteiger partial charge is 0.497 e. The van der Waals surface area contributed by atoms with Gasteiger partial charge < -0.3 is 14.6 Å². The van der Waals surface area contributed by atoms with E-state index >= 15 is 0 Å². The van der Waals surface area contributed by atoms with E-state index in [0.29, 0.717) is 6.04 Å². The zero-order valence-corrected chi connectivity index (χ0v) is 14.3. The average Bonchev–Trinajstić information content (AvgIpc) is 2.98. The van der Waals surface area contributed by atoms with Crippen molar-refractivity contribution in [3.63, 3.8) is 0 Å². The van der Waals surface area contributed by atoms with Gasteiger partial charge in [-0.2, -0.15) is 0 Å². The van der Waals surface area contributed by atoms with Crippen LogP contribution in [0.15, 0.2) is 30.5 Å². The van der Waals surface area contributed by atoms with Crippen molar-refractivity contribution in [2.24, 2.45) is 0 Å². The molecule has 0 aliphatic heterocycles. The Kier molecular flexibility index (Phi) is 3.73. The van der Waals surface area contributed by atoms with Crippen LogP contribution in [-0.2, 0) is 12.8 Å². The van der Waals surface area contributed by atoms with Gasteiger partial charge in [-0.05, 0) is 57.6 Å². The standard InChI is InChI=1S/C19H22N4O/c1-23(2)13-6-9-16-15(10-13)18-17(21-16)11-20-19(22-18)12-4-7-14(24-3)8-5-12/h4-5,7-8,11,13,21H,6,9-10H2,1-3H3. The van der Waals surface area contributed by atoms with Crippen LogP contribution in [-0.4, -0.2) is 47.1 Å². The summed E-state index contributed by atoms with van der Waals surface area (Å²) < 4.78 is 5.22. The Labute approximate surface area is 141 Å². The quantitative estimate of drug-likeness (QED) is 0.805. The topological polar surface area (TPSA) is 54.0 Å². The van der Waals surface area contributed by atoms with Crippen molar-refractivity contribution in [1.29, 1.82) is 0 Å². The summed E-state index contributed by atoms with van der Waals surface area (Å²) in [6, 6.07) is 8.47. The number of benzene rings is 1. The van der Waals surface area contributed by atoms with Crippen LogP contribution in [0.2, 0.25) is 0 Å². The number of H-pyrrole nitrogens is 1. The summed E-state index contributed by atoms with van der Waals surface area (Å²) in [6.45, 7) is 0. The molecule has 0 saturated heterocycles. The number of rotatable bonds is 3. The maximum atomic E-state index is 5.22. The van der Waals surface area contributed by atoms with E-state index in [1.165, 1.54) is 17.7 Å². The Bertz CT molecular complexity index is 867. The van der Waals surface area contributed by atoms with Gasteiger partial charge in [0.15, 0.2) is 5.82 Å². The first kappa shape index (κ1) is 15.1. The molecule has 124 valence electrons. The number of aromatic nitrogens is 3. The summed E-state index contributed by atoms with van der Waals surface area (Å²) in [7, 11) is 5.98. The Balaban J connectivity index is 1.76. The van der Waals surface area contributed by atoms with Crippen molar-refractivity contribution < 1.29 is 4.74 Å². The van der Waals surface area contributed by atoms with Gasteiger partial charge in [-0.1, -0.05) is 0 Å². The van der Waals surface area contributed by atoms with Crippen molar-refractivity contribution in [2.45, 2.75) is 25.3 Å². The summed E-state index contributed by atoms with van der Waals surface area (Å²) in [5, 5.41) is 0. The van der Waals surface area contributed by atoms with E-state index in [1.54, 1.807) is 7.11 Å². The lowest BCUT2D eigenvalue weighted by Crippen LogP contribution is -2.33. The number of nitrogens with one attached hydrogen (secondary N) is 1. The van der Waals surface area contributed by atoms with Gasteiger partial charge in [0.25, 0.3) is 0 Å². The van der Waals surface area contributed by atoms with Gasteiger partial charge in [-0.15, -0.1) is 0 Å². The first-order valence-electron chi connectivity index (χ1n) is 8.33. The van der Waals surface area contributed by atoms with Gasteiger partial charge in [-0.3, -0.25) is 0 Å². The van der Waals surface area contributed by atoms with E-state index in [2.05, 4.69) is 29.0 Å². The number of aromatic amines is 1. The minimum atomic E-state index is 0.580. The normalized spacial score (nSPS) is 17.2. The first-order valence-corrected chi connectivity index (χ1v) is 8.33. The van der Waals surface area contributed by atoms with E-state index in [-0.39, 0.29) is 0 Å². The molecule has 0 saturated carbocycles. The van der Waals surface area contributed by atoms with Gasteiger partial charge in [-0.25, -0.2) is 9.97 Å². The third kappa shape index (κ3) is 2.55. The molecule has 2 heterocycles. The maximum absolute atomic E-state index is 5.22. The highest BCUT2D eigenvalue weighted by atomic mass is 16.5.